The number of nitrogens with one attached hydrogen (secondary N) is 1. The summed E-state index contributed by atoms with van der Waals surface area (Å²) in [5, 5.41) is 2.59. The van der Waals surface area contributed by atoms with E-state index in [9.17, 15) is 14.4 Å². The number of carbonyl (C=O) groups excluding carboxylic acids is 2. The Kier molecular flexibility index (Phi) is 5.56. The van der Waals surface area contributed by atoms with Gasteiger partial charge in [-0.3, -0.25) is 14.4 Å². The maximum atomic E-state index is 12.7. The number of methoxy groups -OCH3 is 1. The van der Waals surface area contributed by atoms with E-state index in [0.29, 0.717) is 43.2 Å². The van der Waals surface area contributed by atoms with Gasteiger partial charge in [-0.25, -0.2) is 0 Å². The average molecular weight is 371 g/mol. The first-order valence-corrected chi connectivity index (χ1v) is 8.53. The third-order valence-corrected chi connectivity index (χ3v) is 4.33. The van der Waals surface area contributed by atoms with Crippen molar-refractivity contribution in [3.63, 3.8) is 0 Å². The van der Waals surface area contributed by atoms with Crippen LogP contribution in [0.15, 0.2) is 41.3 Å². The van der Waals surface area contributed by atoms with Gasteiger partial charge in [0.25, 0.3) is 17.4 Å². The van der Waals surface area contributed by atoms with Gasteiger partial charge in [0.15, 0.2) is 0 Å². The van der Waals surface area contributed by atoms with Gasteiger partial charge in [0, 0.05) is 26.3 Å². The van der Waals surface area contributed by atoms with Crippen LogP contribution in [0.25, 0.3) is 0 Å². The fourth-order valence-corrected chi connectivity index (χ4v) is 2.89. The number of morpholine rings is 1. The lowest BCUT2D eigenvalue weighted by molar-refractivity contribution is 0.0302. The molecule has 3 rings (SSSR count). The van der Waals surface area contributed by atoms with Crippen LogP contribution >= 0.6 is 0 Å². The molecule has 0 unspecified atom stereocenters. The highest BCUT2D eigenvalue weighted by Crippen LogP contribution is 2.19. The predicted octanol–water partition coefficient (Wildman–Crippen LogP) is 1.12. The molecule has 1 aromatic carbocycles. The van der Waals surface area contributed by atoms with Crippen LogP contribution in [0, 0.1) is 0 Å². The second kappa shape index (κ2) is 8.05. The maximum Gasteiger partial charge on any atom is 0.274 e. The van der Waals surface area contributed by atoms with Crippen molar-refractivity contribution in [3.8, 4) is 5.75 Å². The van der Waals surface area contributed by atoms with E-state index in [1.165, 1.54) is 31.0 Å². The molecule has 0 atom stereocenters. The Morgan fingerprint density at radius 3 is 2.59 bits per heavy atom. The smallest absolute Gasteiger partial charge is 0.274 e. The molecular formula is C19H21N3O5. The molecule has 8 nitrogen and oxygen atoms in total. The Hall–Kier alpha value is -3.13. The highest BCUT2D eigenvalue weighted by atomic mass is 16.5. The molecule has 27 heavy (non-hydrogen) atoms. The molecule has 1 saturated heterocycles. The van der Waals surface area contributed by atoms with Crippen LogP contribution < -0.4 is 15.6 Å². The molecule has 1 aromatic heterocycles. The number of hydrogen-bond donors (Lipinski definition) is 1. The number of ether oxygens (including phenoxy) is 2. The van der Waals surface area contributed by atoms with Gasteiger partial charge >= 0.3 is 0 Å². The minimum absolute atomic E-state index is 0.0347. The van der Waals surface area contributed by atoms with Crippen molar-refractivity contribution < 1.29 is 19.1 Å². The molecule has 0 aliphatic carbocycles. The molecule has 1 aliphatic rings. The summed E-state index contributed by atoms with van der Waals surface area (Å²) in [5.41, 5.74) is 0.255. The summed E-state index contributed by atoms with van der Waals surface area (Å²) >= 11 is 0. The number of anilines is 1. The second-order valence-corrected chi connectivity index (χ2v) is 6.12. The van der Waals surface area contributed by atoms with Crippen LogP contribution in [0.4, 0.5) is 5.69 Å². The van der Waals surface area contributed by atoms with Gasteiger partial charge in [0.05, 0.1) is 31.5 Å². The van der Waals surface area contributed by atoms with E-state index in [2.05, 4.69) is 5.32 Å². The van der Waals surface area contributed by atoms with Gasteiger partial charge in [-0.2, -0.15) is 0 Å². The third-order valence-electron chi connectivity index (χ3n) is 4.33. The zero-order valence-electron chi connectivity index (χ0n) is 15.2. The summed E-state index contributed by atoms with van der Waals surface area (Å²) in [5.74, 6) is -0.297. The lowest BCUT2D eigenvalue weighted by Crippen LogP contribution is -2.41. The minimum atomic E-state index is -0.486. The summed E-state index contributed by atoms with van der Waals surface area (Å²) in [4.78, 5) is 39.4. The van der Waals surface area contributed by atoms with Gasteiger partial charge in [-0.1, -0.05) is 12.1 Å². The standard InChI is InChI=1S/C19H21N3O5/c1-21-12-13(18(24)22-7-9-27-10-8-22)11-15(19(21)25)20-17(23)14-5-3-4-6-16(14)26-2/h3-6,11-12H,7-10H2,1-2H3,(H,20,23). The van der Waals surface area contributed by atoms with E-state index in [0.717, 1.165) is 0 Å². The molecule has 142 valence electrons. The second-order valence-electron chi connectivity index (χ2n) is 6.12. The zero-order chi connectivity index (χ0) is 19.4. The fourth-order valence-electron chi connectivity index (χ4n) is 2.89. The number of aromatic nitrogens is 1. The highest BCUT2D eigenvalue weighted by Gasteiger charge is 2.21. The van der Waals surface area contributed by atoms with E-state index in [1.54, 1.807) is 29.2 Å². The fraction of sp³-hybridized carbons (Fsp3) is 0.316. The Morgan fingerprint density at radius 1 is 1.19 bits per heavy atom. The lowest BCUT2D eigenvalue weighted by Gasteiger charge is -2.27. The highest BCUT2D eigenvalue weighted by molar-refractivity contribution is 6.06. The van der Waals surface area contributed by atoms with Crippen molar-refractivity contribution in [2.75, 3.05) is 38.7 Å². The van der Waals surface area contributed by atoms with E-state index in [1.807, 2.05) is 0 Å². The lowest BCUT2D eigenvalue weighted by atomic mass is 10.1. The first kappa shape index (κ1) is 18.7. The van der Waals surface area contributed by atoms with Gasteiger partial charge in [-0.15, -0.1) is 0 Å². The number of para-hydroxylation sites is 1. The largest absolute Gasteiger partial charge is 0.496 e. The van der Waals surface area contributed by atoms with E-state index < -0.39 is 11.5 Å². The topological polar surface area (TPSA) is 89.9 Å². The first-order chi connectivity index (χ1) is 13.0. The Bertz CT molecular complexity index is 916. The maximum absolute atomic E-state index is 12.7. The van der Waals surface area contributed by atoms with Crippen molar-refractivity contribution in [3.05, 3.63) is 58.0 Å². The minimum Gasteiger partial charge on any atom is -0.496 e. The molecule has 0 spiro atoms. The van der Waals surface area contributed by atoms with Crippen LogP contribution in [-0.4, -0.2) is 54.7 Å². The number of rotatable bonds is 4. The third kappa shape index (κ3) is 4.01. The van der Waals surface area contributed by atoms with Crippen molar-refractivity contribution in [2.45, 2.75) is 0 Å². The number of aryl methyl sites for hydroxylation is 1. The van der Waals surface area contributed by atoms with Crippen LogP contribution in [0.5, 0.6) is 5.75 Å². The van der Waals surface area contributed by atoms with Crippen molar-refractivity contribution in [2.24, 2.45) is 7.05 Å². The molecule has 8 heteroatoms. The SMILES string of the molecule is COc1ccccc1C(=O)Nc1cc(C(=O)N2CCOCC2)cn(C)c1=O. The van der Waals surface area contributed by atoms with Crippen LogP contribution in [0.1, 0.15) is 20.7 Å². The molecule has 1 aliphatic heterocycles. The number of amides is 2. The number of hydrogen-bond acceptors (Lipinski definition) is 5. The number of nitrogens with zero attached hydrogens (tertiary/aromatic N) is 2. The number of carbonyl (C=O) groups is 2. The van der Waals surface area contributed by atoms with Gasteiger partial charge in [0.1, 0.15) is 11.4 Å². The van der Waals surface area contributed by atoms with Crippen LogP contribution in [0.2, 0.25) is 0 Å². The van der Waals surface area contributed by atoms with Gasteiger partial charge in [-0.05, 0) is 18.2 Å². The van der Waals surface area contributed by atoms with Gasteiger partial charge < -0.3 is 24.3 Å². The molecule has 2 amide bonds. The van der Waals surface area contributed by atoms with E-state index in [4.69, 9.17) is 9.47 Å². The van der Waals surface area contributed by atoms with E-state index >= 15 is 0 Å². The molecule has 2 heterocycles. The number of pyridine rings is 1. The van der Waals surface area contributed by atoms with Crippen LogP contribution in [-0.2, 0) is 11.8 Å². The summed E-state index contributed by atoms with van der Waals surface area (Å²) in [6.07, 6.45) is 1.47. The zero-order valence-corrected chi connectivity index (χ0v) is 15.2. The predicted molar refractivity (Wildman–Crippen MR) is 99.4 cm³/mol. The average Bonchev–Trinajstić information content (AvgIpc) is 2.71. The summed E-state index contributed by atoms with van der Waals surface area (Å²) < 4.78 is 11.7. The van der Waals surface area contributed by atoms with Crippen LogP contribution in [0.3, 0.4) is 0 Å². The summed E-state index contributed by atoms with van der Waals surface area (Å²) in [7, 11) is 3.00. The van der Waals surface area contributed by atoms with Crippen molar-refractivity contribution >= 4 is 17.5 Å². The molecule has 1 N–H and O–H groups in total. The Labute approximate surface area is 156 Å². The van der Waals surface area contributed by atoms with Gasteiger partial charge in [0.2, 0.25) is 0 Å². The number of benzene rings is 1. The van der Waals surface area contributed by atoms with Crippen molar-refractivity contribution in [1.82, 2.24) is 9.47 Å². The summed E-state index contributed by atoms with van der Waals surface area (Å²) in [6, 6.07) is 8.12. The molecule has 0 radical (unpaired) electrons. The molecule has 2 aromatic rings. The van der Waals surface area contributed by atoms with Crippen molar-refractivity contribution in [1.29, 1.82) is 0 Å². The van der Waals surface area contributed by atoms with E-state index in [-0.39, 0.29) is 11.6 Å². The monoisotopic (exact) mass is 371 g/mol. The summed E-state index contributed by atoms with van der Waals surface area (Å²) in [6.45, 7) is 1.94. The molecule has 1 fully saturated rings. The molecule has 0 saturated carbocycles. The quantitative estimate of drug-likeness (QED) is 0.870. The molecule has 0 bridgehead atoms. The Morgan fingerprint density at radius 2 is 1.89 bits per heavy atom. The first-order valence-electron chi connectivity index (χ1n) is 8.53. The normalized spacial score (nSPS) is 13.9. The molecular weight excluding hydrogens is 350 g/mol. The Balaban J connectivity index is 1.89.